The number of aromatic amines is 1. The van der Waals surface area contributed by atoms with Crippen molar-refractivity contribution in [1.82, 2.24) is 10.2 Å². The number of aromatic nitrogens is 2. The van der Waals surface area contributed by atoms with Gasteiger partial charge in [0.25, 0.3) is 5.56 Å². The first-order valence-electron chi connectivity index (χ1n) is 3.32. The van der Waals surface area contributed by atoms with E-state index in [1.165, 1.54) is 0 Å². The lowest BCUT2D eigenvalue weighted by Crippen LogP contribution is -2.18. The molecular weight excluding hydrogens is 203 g/mol. The Morgan fingerprint density at radius 2 is 2.14 bits per heavy atom. The molecule has 5 nitrogen and oxygen atoms in total. The summed E-state index contributed by atoms with van der Waals surface area (Å²) in [6.07, 6.45) is -4.69. The zero-order valence-corrected chi connectivity index (χ0v) is 6.55. The molecule has 1 aromatic heterocycles. The van der Waals surface area contributed by atoms with Gasteiger partial charge in [-0.25, -0.2) is 5.10 Å². The number of hydrogen-bond acceptors (Lipinski definition) is 3. The zero-order chi connectivity index (χ0) is 10.8. The maximum absolute atomic E-state index is 12.2. The molecule has 0 saturated carbocycles. The third-order valence-corrected chi connectivity index (χ3v) is 1.31. The highest BCUT2D eigenvalue weighted by atomic mass is 19.4. The molecule has 0 fully saturated rings. The number of alkyl halides is 3. The van der Waals surface area contributed by atoms with Crippen LogP contribution in [0.3, 0.4) is 0 Å². The molecule has 0 atom stereocenters. The summed E-state index contributed by atoms with van der Waals surface area (Å²) in [6.45, 7) is 0. The van der Waals surface area contributed by atoms with Gasteiger partial charge >= 0.3 is 6.18 Å². The predicted octanol–water partition coefficient (Wildman–Crippen LogP) is 0.357. The lowest BCUT2D eigenvalue weighted by atomic mass is 10.3. The molecule has 0 unspecified atom stereocenters. The molecule has 1 amide bonds. The van der Waals surface area contributed by atoms with Crippen LogP contribution in [-0.4, -0.2) is 16.6 Å². The molecule has 0 aliphatic heterocycles. The van der Waals surface area contributed by atoms with Crippen molar-refractivity contribution >= 4 is 12.2 Å². The number of carbonyl (C=O) groups excluding carboxylic acids is 1. The normalized spacial score (nSPS) is 11.1. The molecule has 0 aromatic carbocycles. The molecule has 0 spiro atoms. The summed E-state index contributed by atoms with van der Waals surface area (Å²) < 4.78 is 36.6. The van der Waals surface area contributed by atoms with Crippen molar-refractivity contribution in [3.8, 4) is 0 Å². The number of amides is 1. The molecule has 0 radical (unpaired) electrons. The zero-order valence-electron chi connectivity index (χ0n) is 6.55. The van der Waals surface area contributed by atoms with Crippen molar-refractivity contribution in [3.63, 3.8) is 0 Å². The molecule has 2 N–H and O–H groups in total. The number of nitrogens with one attached hydrogen (secondary N) is 2. The molecule has 14 heavy (non-hydrogen) atoms. The number of anilines is 1. The summed E-state index contributed by atoms with van der Waals surface area (Å²) in [5.74, 6) is -0.730. The van der Waals surface area contributed by atoms with Gasteiger partial charge in [0.1, 0.15) is 5.56 Å². The Kier molecular flexibility index (Phi) is 2.54. The van der Waals surface area contributed by atoms with Gasteiger partial charge in [-0.15, -0.1) is 0 Å². The summed E-state index contributed by atoms with van der Waals surface area (Å²) in [5.41, 5.74) is -2.28. The van der Waals surface area contributed by atoms with Crippen LogP contribution in [0.1, 0.15) is 5.56 Å². The Morgan fingerprint density at radius 3 is 2.64 bits per heavy atom. The summed E-state index contributed by atoms with van der Waals surface area (Å²) in [5, 5.41) is 6.53. The van der Waals surface area contributed by atoms with Crippen LogP contribution in [0.25, 0.3) is 0 Å². The highest BCUT2D eigenvalue weighted by Gasteiger charge is 2.35. The van der Waals surface area contributed by atoms with E-state index in [0.29, 0.717) is 6.07 Å². The standard InChI is InChI=1S/C6H4F3N3O2/c7-6(8,9)3-1-4(14)11-12-5(3)10-2-13/h1-2H,(H,11,14)(H,10,12,13). The molecule has 0 aliphatic rings. The second kappa shape index (κ2) is 3.48. The fraction of sp³-hybridized carbons (Fsp3) is 0.167. The number of H-pyrrole nitrogens is 1. The minimum absolute atomic E-state index is 0.0376. The van der Waals surface area contributed by atoms with E-state index in [0.717, 1.165) is 0 Å². The van der Waals surface area contributed by atoms with Crippen LogP contribution < -0.4 is 10.9 Å². The van der Waals surface area contributed by atoms with Crippen LogP contribution in [-0.2, 0) is 11.0 Å². The molecule has 0 bridgehead atoms. The Labute approximate surface area is 74.9 Å². The van der Waals surface area contributed by atoms with Gasteiger partial charge in [-0.3, -0.25) is 9.59 Å². The van der Waals surface area contributed by atoms with Crippen LogP contribution >= 0.6 is 0 Å². The van der Waals surface area contributed by atoms with Crippen LogP contribution in [0.15, 0.2) is 10.9 Å². The smallest absolute Gasteiger partial charge is 0.311 e. The van der Waals surface area contributed by atoms with Gasteiger partial charge in [0.15, 0.2) is 5.82 Å². The quantitative estimate of drug-likeness (QED) is 0.687. The van der Waals surface area contributed by atoms with E-state index in [1.54, 1.807) is 10.4 Å². The van der Waals surface area contributed by atoms with Gasteiger partial charge in [-0.05, 0) is 0 Å². The molecule has 76 valence electrons. The molecular formula is C6H4F3N3O2. The van der Waals surface area contributed by atoms with Gasteiger partial charge in [0.2, 0.25) is 6.41 Å². The Balaban J connectivity index is 3.29. The Hall–Kier alpha value is -1.86. The summed E-state index contributed by atoms with van der Waals surface area (Å²) >= 11 is 0. The van der Waals surface area contributed by atoms with Crippen molar-refractivity contribution in [2.24, 2.45) is 0 Å². The van der Waals surface area contributed by atoms with Crippen LogP contribution in [0.5, 0.6) is 0 Å². The van der Waals surface area contributed by atoms with Crippen LogP contribution in [0.2, 0.25) is 0 Å². The molecule has 1 heterocycles. The van der Waals surface area contributed by atoms with Crippen molar-refractivity contribution in [3.05, 3.63) is 22.0 Å². The Bertz CT molecular complexity index is 398. The fourth-order valence-corrected chi connectivity index (χ4v) is 0.785. The number of carbonyl (C=O) groups is 1. The fourth-order valence-electron chi connectivity index (χ4n) is 0.785. The SMILES string of the molecule is O=CNc1n[nH]c(=O)cc1C(F)(F)F. The van der Waals surface area contributed by atoms with Crippen LogP contribution in [0.4, 0.5) is 19.0 Å². The van der Waals surface area contributed by atoms with Crippen molar-refractivity contribution in [1.29, 1.82) is 0 Å². The minimum Gasteiger partial charge on any atom is -0.311 e. The van der Waals surface area contributed by atoms with Gasteiger partial charge in [-0.1, -0.05) is 0 Å². The van der Waals surface area contributed by atoms with Gasteiger partial charge in [-0.2, -0.15) is 18.3 Å². The average Bonchev–Trinajstić information content (AvgIpc) is 2.07. The molecule has 0 saturated heterocycles. The lowest BCUT2D eigenvalue weighted by molar-refractivity contribution is -0.137. The van der Waals surface area contributed by atoms with Crippen molar-refractivity contribution in [2.75, 3.05) is 5.32 Å². The first-order valence-corrected chi connectivity index (χ1v) is 3.32. The number of hydrogen-bond donors (Lipinski definition) is 2. The van der Waals surface area contributed by atoms with Crippen LogP contribution in [0, 0.1) is 0 Å². The molecule has 0 aliphatic carbocycles. The van der Waals surface area contributed by atoms with E-state index < -0.39 is 23.1 Å². The maximum Gasteiger partial charge on any atom is 0.420 e. The van der Waals surface area contributed by atoms with Gasteiger partial charge in [0.05, 0.1) is 0 Å². The second-order valence-corrected chi connectivity index (χ2v) is 2.25. The number of rotatable bonds is 2. The van der Waals surface area contributed by atoms with Crippen molar-refractivity contribution in [2.45, 2.75) is 6.18 Å². The average molecular weight is 207 g/mol. The summed E-state index contributed by atoms with van der Waals surface area (Å²) in [7, 11) is 0. The van der Waals surface area contributed by atoms with E-state index >= 15 is 0 Å². The van der Waals surface area contributed by atoms with E-state index in [4.69, 9.17) is 0 Å². The predicted molar refractivity (Wildman–Crippen MR) is 39.5 cm³/mol. The maximum atomic E-state index is 12.2. The summed E-state index contributed by atoms with van der Waals surface area (Å²) in [6, 6.07) is 0.318. The number of nitrogens with zero attached hydrogens (tertiary/aromatic N) is 1. The van der Waals surface area contributed by atoms with Gasteiger partial charge < -0.3 is 5.32 Å². The first-order chi connectivity index (χ1) is 6.45. The van der Waals surface area contributed by atoms with Crippen molar-refractivity contribution < 1.29 is 18.0 Å². The lowest BCUT2D eigenvalue weighted by Gasteiger charge is -2.08. The van der Waals surface area contributed by atoms with E-state index in [9.17, 15) is 22.8 Å². The first kappa shape index (κ1) is 10.2. The highest BCUT2D eigenvalue weighted by molar-refractivity contribution is 5.70. The molecule has 1 rings (SSSR count). The topological polar surface area (TPSA) is 74.8 Å². The second-order valence-electron chi connectivity index (χ2n) is 2.25. The van der Waals surface area contributed by atoms with E-state index in [1.807, 2.05) is 0 Å². The molecule has 8 heteroatoms. The largest absolute Gasteiger partial charge is 0.420 e. The minimum atomic E-state index is -4.73. The van der Waals surface area contributed by atoms with E-state index in [2.05, 4.69) is 5.10 Å². The van der Waals surface area contributed by atoms with E-state index in [-0.39, 0.29) is 6.41 Å². The third-order valence-electron chi connectivity index (χ3n) is 1.31. The third kappa shape index (κ3) is 2.09. The summed E-state index contributed by atoms with van der Waals surface area (Å²) in [4.78, 5) is 20.5. The number of halogens is 3. The molecule has 1 aromatic rings. The monoisotopic (exact) mass is 207 g/mol. The Morgan fingerprint density at radius 1 is 1.50 bits per heavy atom. The van der Waals surface area contributed by atoms with Gasteiger partial charge in [0, 0.05) is 6.07 Å². The highest BCUT2D eigenvalue weighted by Crippen LogP contribution is 2.31.